The maximum Gasteiger partial charge on any atom is 0.127 e. The summed E-state index contributed by atoms with van der Waals surface area (Å²) in [5.74, 6) is -0.0656. The number of hydrogen-bond acceptors (Lipinski definition) is 2. The summed E-state index contributed by atoms with van der Waals surface area (Å²) in [5, 5.41) is 3.51. The van der Waals surface area contributed by atoms with Gasteiger partial charge >= 0.3 is 0 Å². The lowest BCUT2D eigenvalue weighted by atomic mass is 9.92. The molecule has 2 aliphatic rings. The first-order valence-electron chi connectivity index (χ1n) is 6.99. The Labute approximate surface area is 108 Å². The van der Waals surface area contributed by atoms with Crippen LogP contribution in [0.3, 0.4) is 0 Å². The zero-order valence-corrected chi connectivity index (χ0v) is 10.8. The van der Waals surface area contributed by atoms with E-state index in [1.165, 1.54) is 25.7 Å². The van der Waals surface area contributed by atoms with Gasteiger partial charge in [0.1, 0.15) is 5.82 Å². The van der Waals surface area contributed by atoms with Crippen LogP contribution in [-0.4, -0.2) is 30.1 Å². The van der Waals surface area contributed by atoms with Gasteiger partial charge in [0.2, 0.25) is 0 Å². The van der Waals surface area contributed by atoms with Crippen LogP contribution in [0.1, 0.15) is 31.2 Å². The number of hydrogen-bond donors (Lipinski definition) is 1. The minimum atomic E-state index is -0.0656. The number of halogens is 1. The molecule has 98 valence electrons. The molecule has 1 aromatic rings. The molecule has 0 unspecified atom stereocenters. The van der Waals surface area contributed by atoms with Crippen LogP contribution in [0.2, 0.25) is 0 Å². The van der Waals surface area contributed by atoms with Gasteiger partial charge in [-0.3, -0.25) is 4.90 Å². The molecule has 0 radical (unpaired) electrons. The van der Waals surface area contributed by atoms with Crippen molar-refractivity contribution in [3.8, 4) is 0 Å². The quantitative estimate of drug-likeness (QED) is 0.865. The van der Waals surface area contributed by atoms with Crippen LogP contribution in [0, 0.1) is 5.82 Å². The normalized spacial score (nSPS) is 23.6. The van der Waals surface area contributed by atoms with Gasteiger partial charge in [0.15, 0.2) is 0 Å². The Morgan fingerprint density at radius 2 is 2.00 bits per heavy atom. The third kappa shape index (κ3) is 2.17. The Morgan fingerprint density at radius 1 is 1.22 bits per heavy atom. The topological polar surface area (TPSA) is 15.3 Å². The molecular weight excluding hydrogens is 227 g/mol. The average Bonchev–Trinajstić information content (AvgIpc) is 2.84. The van der Waals surface area contributed by atoms with Gasteiger partial charge in [-0.1, -0.05) is 31.0 Å². The Morgan fingerprint density at radius 3 is 2.78 bits per heavy atom. The molecule has 1 aliphatic heterocycles. The SMILES string of the molecule is Fc1ccccc1CN1CCNCC12CCCC2. The summed E-state index contributed by atoms with van der Waals surface area (Å²) >= 11 is 0. The van der Waals surface area contributed by atoms with E-state index < -0.39 is 0 Å². The van der Waals surface area contributed by atoms with Crippen molar-refractivity contribution in [2.24, 2.45) is 0 Å². The molecule has 0 atom stereocenters. The highest BCUT2D eigenvalue weighted by molar-refractivity contribution is 5.18. The van der Waals surface area contributed by atoms with Crippen molar-refractivity contribution in [3.63, 3.8) is 0 Å². The fourth-order valence-corrected chi connectivity index (χ4v) is 3.49. The van der Waals surface area contributed by atoms with Gasteiger partial charge in [-0.15, -0.1) is 0 Å². The van der Waals surface area contributed by atoms with Gasteiger partial charge in [0.25, 0.3) is 0 Å². The minimum Gasteiger partial charge on any atom is -0.314 e. The van der Waals surface area contributed by atoms with Gasteiger partial charge in [-0.05, 0) is 18.9 Å². The molecule has 0 amide bonds. The molecule has 1 saturated heterocycles. The Bertz CT molecular complexity index is 413. The summed E-state index contributed by atoms with van der Waals surface area (Å²) in [7, 11) is 0. The molecule has 1 N–H and O–H groups in total. The molecule has 1 saturated carbocycles. The lowest BCUT2D eigenvalue weighted by Crippen LogP contribution is -2.59. The zero-order valence-electron chi connectivity index (χ0n) is 10.8. The maximum absolute atomic E-state index is 13.8. The fraction of sp³-hybridized carbons (Fsp3) is 0.600. The van der Waals surface area contributed by atoms with Crippen molar-refractivity contribution in [1.29, 1.82) is 0 Å². The van der Waals surface area contributed by atoms with Crippen molar-refractivity contribution in [3.05, 3.63) is 35.6 Å². The van der Waals surface area contributed by atoms with Crippen molar-refractivity contribution in [2.75, 3.05) is 19.6 Å². The third-order valence-corrected chi connectivity index (χ3v) is 4.54. The second kappa shape index (κ2) is 4.98. The summed E-state index contributed by atoms with van der Waals surface area (Å²) in [6, 6.07) is 7.18. The van der Waals surface area contributed by atoms with Crippen molar-refractivity contribution >= 4 is 0 Å². The summed E-state index contributed by atoms with van der Waals surface area (Å²) in [4.78, 5) is 2.51. The van der Waals surface area contributed by atoms with Crippen molar-refractivity contribution in [1.82, 2.24) is 10.2 Å². The van der Waals surface area contributed by atoms with Crippen LogP contribution in [0.4, 0.5) is 4.39 Å². The van der Waals surface area contributed by atoms with Crippen molar-refractivity contribution in [2.45, 2.75) is 37.8 Å². The number of piperazine rings is 1. The minimum absolute atomic E-state index is 0.0656. The van der Waals surface area contributed by atoms with E-state index in [1.54, 1.807) is 12.1 Å². The molecule has 18 heavy (non-hydrogen) atoms. The predicted octanol–water partition coefficient (Wildman–Crippen LogP) is 2.54. The standard InChI is InChI=1S/C15H21FN2/c16-14-6-2-1-5-13(14)11-18-10-9-17-12-15(18)7-3-4-8-15/h1-2,5-6,17H,3-4,7-12H2. The van der Waals surface area contributed by atoms with Crippen LogP contribution in [0.5, 0.6) is 0 Å². The van der Waals surface area contributed by atoms with Crippen LogP contribution in [-0.2, 0) is 6.54 Å². The van der Waals surface area contributed by atoms with E-state index in [1.807, 2.05) is 12.1 Å². The first kappa shape index (κ1) is 12.1. The van der Waals surface area contributed by atoms with Crippen LogP contribution in [0.15, 0.2) is 24.3 Å². The van der Waals surface area contributed by atoms with E-state index in [9.17, 15) is 4.39 Å². The smallest absolute Gasteiger partial charge is 0.127 e. The molecule has 2 nitrogen and oxygen atoms in total. The zero-order chi connectivity index (χ0) is 12.4. The molecule has 3 heteroatoms. The van der Waals surface area contributed by atoms with E-state index in [0.717, 1.165) is 31.7 Å². The largest absolute Gasteiger partial charge is 0.314 e. The van der Waals surface area contributed by atoms with Crippen LogP contribution in [0.25, 0.3) is 0 Å². The number of rotatable bonds is 2. The third-order valence-electron chi connectivity index (χ3n) is 4.54. The molecule has 0 aromatic heterocycles. The second-order valence-electron chi connectivity index (χ2n) is 5.62. The van der Waals surface area contributed by atoms with Gasteiger partial charge in [-0.2, -0.15) is 0 Å². The summed E-state index contributed by atoms with van der Waals surface area (Å²) < 4.78 is 13.8. The van der Waals surface area contributed by atoms with E-state index in [0.29, 0.717) is 5.54 Å². The molecule has 1 aromatic carbocycles. The lowest BCUT2D eigenvalue weighted by Gasteiger charge is -2.45. The van der Waals surface area contributed by atoms with Crippen molar-refractivity contribution < 1.29 is 4.39 Å². The maximum atomic E-state index is 13.8. The highest BCUT2D eigenvalue weighted by Crippen LogP contribution is 2.37. The van der Waals surface area contributed by atoms with E-state index >= 15 is 0 Å². The van der Waals surface area contributed by atoms with E-state index in [2.05, 4.69) is 10.2 Å². The van der Waals surface area contributed by atoms with Gasteiger partial charge in [0.05, 0.1) is 0 Å². The lowest BCUT2D eigenvalue weighted by molar-refractivity contribution is 0.0563. The summed E-state index contributed by atoms with van der Waals surface area (Å²) in [6.45, 7) is 3.89. The average molecular weight is 248 g/mol. The predicted molar refractivity (Wildman–Crippen MR) is 70.9 cm³/mol. The van der Waals surface area contributed by atoms with E-state index in [-0.39, 0.29) is 5.82 Å². The van der Waals surface area contributed by atoms with E-state index in [4.69, 9.17) is 0 Å². The number of nitrogens with zero attached hydrogens (tertiary/aromatic N) is 1. The molecular formula is C15H21FN2. The molecule has 1 heterocycles. The Kier molecular flexibility index (Phi) is 3.35. The number of benzene rings is 1. The summed E-state index contributed by atoms with van der Waals surface area (Å²) in [5.41, 5.74) is 1.13. The summed E-state index contributed by atoms with van der Waals surface area (Å²) in [6.07, 6.45) is 5.15. The van der Waals surface area contributed by atoms with Crippen LogP contribution < -0.4 is 5.32 Å². The molecule has 1 spiro atoms. The molecule has 3 rings (SSSR count). The molecule has 2 fully saturated rings. The molecule has 1 aliphatic carbocycles. The van der Waals surface area contributed by atoms with Gasteiger partial charge in [-0.25, -0.2) is 4.39 Å². The highest BCUT2D eigenvalue weighted by Gasteiger charge is 2.41. The molecule has 0 bridgehead atoms. The van der Waals surface area contributed by atoms with Crippen LogP contribution >= 0.6 is 0 Å². The van der Waals surface area contributed by atoms with Gasteiger partial charge in [0, 0.05) is 37.3 Å². The second-order valence-corrected chi connectivity index (χ2v) is 5.62. The Hall–Kier alpha value is -0.930. The Balaban J connectivity index is 1.80. The monoisotopic (exact) mass is 248 g/mol. The first-order valence-corrected chi connectivity index (χ1v) is 6.99. The first-order chi connectivity index (χ1) is 8.80. The fourth-order valence-electron chi connectivity index (χ4n) is 3.49. The number of nitrogens with one attached hydrogen (secondary N) is 1. The highest BCUT2D eigenvalue weighted by atomic mass is 19.1. The van der Waals surface area contributed by atoms with Gasteiger partial charge < -0.3 is 5.32 Å².